The molecule has 2 aliphatic rings. The fourth-order valence-corrected chi connectivity index (χ4v) is 4.47. The molecule has 0 bridgehead atoms. The molecule has 2 aromatic rings. The van der Waals surface area contributed by atoms with Gasteiger partial charge in [-0.3, -0.25) is 9.69 Å². The van der Waals surface area contributed by atoms with Gasteiger partial charge in [0.1, 0.15) is 6.07 Å². The van der Waals surface area contributed by atoms with Crippen molar-refractivity contribution >= 4 is 34.1 Å². The van der Waals surface area contributed by atoms with Crippen LogP contribution in [0, 0.1) is 11.3 Å². The number of anilines is 2. The number of nitrogens with one attached hydrogen (secondary N) is 1. The predicted octanol–water partition coefficient (Wildman–Crippen LogP) is 1.83. The standard InChI is InChI=1S/C20H22N6O2S/c21-13-15-4-1-2-5-17(15)24-8-10-25(11-9-24)18(27)12-16-14-29-20(23-16)26-7-3-6-22-19(26)28/h1-2,4-5,14H,3,6-12H2,(H,22,28). The molecule has 8 nitrogen and oxygen atoms in total. The minimum atomic E-state index is -0.128. The monoisotopic (exact) mass is 410 g/mol. The van der Waals surface area contributed by atoms with E-state index in [1.54, 1.807) is 4.90 Å². The van der Waals surface area contributed by atoms with Crippen LogP contribution in [0.3, 0.4) is 0 Å². The van der Waals surface area contributed by atoms with Gasteiger partial charge in [0.2, 0.25) is 5.91 Å². The van der Waals surface area contributed by atoms with Gasteiger partial charge in [-0.25, -0.2) is 9.78 Å². The summed E-state index contributed by atoms with van der Waals surface area (Å²) in [5.74, 6) is 0.0400. The first-order valence-electron chi connectivity index (χ1n) is 9.67. The fraction of sp³-hybridized carbons (Fsp3) is 0.400. The van der Waals surface area contributed by atoms with Crippen molar-refractivity contribution in [2.75, 3.05) is 49.1 Å². The Bertz CT molecular complexity index is 944. The molecule has 9 heteroatoms. The van der Waals surface area contributed by atoms with Crippen LogP contribution in [0.4, 0.5) is 15.6 Å². The maximum Gasteiger partial charge on any atom is 0.323 e. The molecular weight excluding hydrogens is 388 g/mol. The van der Waals surface area contributed by atoms with E-state index in [0.29, 0.717) is 55.7 Å². The second-order valence-electron chi connectivity index (χ2n) is 7.03. The van der Waals surface area contributed by atoms with E-state index in [9.17, 15) is 14.9 Å². The molecule has 2 aliphatic heterocycles. The average molecular weight is 411 g/mol. The number of aromatic nitrogens is 1. The van der Waals surface area contributed by atoms with Crippen LogP contribution < -0.4 is 15.1 Å². The summed E-state index contributed by atoms with van der Waals surface area (Å²) in [6.45, 7) is 3.96. The molecule has 0 spiro atoms. The van der Waals surface area contributed by atoms with Crippen LogP contribution in [0.2, 0.25) is 0 Å². The Kier molecular flexibility index (Phi) is 5.62. The summed E-state index contributed by atoms with van der Waals surface area (Å²) in [6.07, 6.45) is 1.12. The fourth-order valence-electron chi connectivity index (χ4n) is 3.62. The molecule has 1 aromatic carbocycles. The number of carbonyl (C=O) groups excluding carboxylic acids is 2. The Balaban J connectivity index is 1.34. The second-order valence-corrected chi connectivity index (χ2v) is 7.87. The molecule has 1 N–H and O–H groups in total. The van der Waals surface area contributed by atoms with Crippen molar-refractivity contribution in [2.24, 2.45) is 0 Å². The number of piperazine rings is 1. The Morgan fingerprint density at radius 3 is 2.76 bits per heavy atom. The Morgan fingerprint density at radius 1 is 1.21 bits per heavy atom. The van der Waals surface area contributed by atoms with Crippen LogP contribution in [0.25, 0.3) is 0 Å². The molecule has 1 aromatic heterocycles. The number of nitrogens with zero attached hydrogens (tertiary/aromatic N) is 5. The normalized spacial score (nSPS) is 17.1. The largest absolute Gasteiger partial charge is 0.367 e. The van der Waals surface area contributed by atoms with Gasteiger partial charge in [-0.05, 0) is 18.6 Å². The van der Waals surface area contributed by atoms with Gasteiger partial charge in [-0.1, -0.05) is 12.1 Å². The first kappa shape index (κ1) is 19.2. The van der Waals surface area contributed by atoms with Crippen molar-refractivity contribution in [1.82, 2.24) is 15.2 Å². The van der Waals surface area contributed by atoms with E-state index in [-0.39, 0.29) is 18.4 Å². The van der Waals surface area contributed by atoms with Gasteiger partial charge in [-0.15, -0.1) is 11.3 Å². The second kappa shape index (κ2) is 8.49. The third-order valence-electron chi connectivity index (χ3n) is 5.18. The zero-order valence-corrected chi connectivity index (χ0v) is 16.8. The smallest absolute Gasteiger partial charge is 0.323 e. The van der Waals surface area contributed by atoms with Crippen molar-refractivity contribution in [1.29, 1.82) is 5.26 Å². The van der Waals surface area contributed by atoms with Crippen LogP contribution in [-0.4, -0.2) is 61.1 Å². The quantitative estimate of drug-likeness (QED) is 0.830. The predicted molar refractivity (Wildman–Crippen MR) is 111 cm³/mol. The highest BCUT2D eigenvalue weighted by Gasteiger charge is 2.25. The Labute approximate surface area is 173 Å². The average Bonchev–Trinajstić information content (AvgIpc) is 3.22. The summed E-state index contributed by atoms with van der Waals surface area (Å²) in [7, 11) is 0. The van der Waals surface area contributed by atoms with Gasteiger partial charge < -0.3 is 15.1 Å². The van der Waals surface area contributed by atoms with Crippen LogP contribution in [0.1, 0.15) is 17.7 Å². The maximum absolute atomic E-state index is 12.7. The van der Waals surface area contributed by atoms with Crippen molar-refractivity contribution in [3.63, 3.8) is 0 Å². The van der Waals surface area contributed by atoms with Crippen molar-refractivity contribution < 1.29 is 9.59 Å². The number of hydrogen-bond acceptors (Lipinski definition) is 6. The lowest BCUT2D eigenvalue weighted by Crippen LogP contribution is -2.49. The van der Waals surface area contributed by atoms with Gasteiger partial charge in [0.25, 0.3) is 0 Å². The third kappa shape index (κ3) is 4.17. The van der Waals surface area contributed by atoms with Gasteiger partial charge in [0.05, 0.1) is 23.4 Å². The van der Waals surface area contributed by atoms with Crippen molar-refractivity contribution in [3.05, 3.63) is 40.9 Å². The van der Waals surface area contributed by atoms with E-state index in [0.717, 1.165) is 12.1 Å². The molecule has 3 heterocycles. The molecule has 2 fully saturated rings. The van der Waals surface area contributed by atoms with E-state index >= 15 is 0 Å². The molecule has 4 rings (SSSR count). The van der Waals surface area contributed by atoms with Gasteiger partial charge in [-0.2, -0.15) is 5.26 Å². The van der Waals surface area contributed by atoms with Gasteiger partial charge in [0, 0.05) is 44.6 Å². The molecule has 0 radical (unpaired) electrons. The number of nitriles is 1. The van der Waals surface area contributed by atoms with Crippen molar-refractivity contribution in [3.8, 4) is 6.07 Å². The molecule has 0 atom stereocenters. The van der Waals surface area contributed by atoms with Crippen molar-refractivity contribution in [2.45, 2.75) is 12.8 Å². The summed E-state index contributed by atoms with van der Waals surface area (Å²) in [5, 5.41) is 14.6. The lowest BCUT2D eigenvalue weighted by Gasteiger charge is -2.36. The summed E-state index contributed by atoms with van der Waals surface area (Å²) in [6, 6.07) is 9.65. The number of benzene rings is 1. The number of rotatable bonds is 4. The minimum Gasteiger partial charge on any atom is -0.367 e. The molecular formula is C20H22N6O2S. The molecule has 0 unspecified atom stereocenters. The summed E-state index contributed by atoms with van der Waals surface area (Å²) in [4.78, 5) is 34.8. The topological polar surface area (TPSA) is 92.6 Å². The van der Waals surface area contributed by atoms with Gasteiger partial charge >= 0.3 is 6.03 Å². The molecule has 0 saturated carbocycles. The van der Waals surface area contributed by atoms with Gasteiger partial charge in [0.15, 0.2) is 5.13 Å². The number of hydrogen-bond donors (Lipinski definition) is 1. The van der Waals surface area contributed by atoms with Crippen LogP contribution in [-0.2, 0) is 11.2 Å². The first-order chi connectivity index (χ1) is 14.2. The number of urea groups is 1. The lowest BCUT2D eigenvalue weighted by atomic mass is 10.1. The minimum absolute atomic E-state index is 0.0400. The van der Waals surface area contributed by atoms with E-state index < -0.39 is 0 Å². The van der Waals surface area contributed by atoms with E-state index in [2.05, 4.69) is 21.3 Å². The van der Waals surface area contributed by atoms with E-state index in [1.807, 2.05) is 34.5 Å². The Hall–Kier alpha value is -3.12. The maximum atomic E-state index is 12.7. The molecule has 2 saturated heterocycles. The summed E-state index contributed by atoms with van der Waals surface area (Å²) >= 11 is 1.39. The summed E-state index contributed by atoms with van der Waals surface area (Å²) in [5.41, 5.74) is 2.28. The first-order valence-corrected chi connectivity index (χ1v) is 10.6. The zero-order valence-electron chi connectivity index (χ0n) is 16.0. The summed E-state index contributed by atoms with van der Waals surface area (Å²) < 4.78 is 0. The number of carbonyl (C=O) groups is 2. The SMILES string of the molecule is N#Cc1ccccc1N1CCN(C(=O)Cc2csc(N3CCCNC3=O)n2)CC1. The number of para-hydroxylation sites is 1. The van der Waals surface area contributed by atoms with Crippen LogP contribution >= 0.6 is 11.3 Å². The molecule has 150 valence electrons. The molecule has 0 aliphatic carbocycles. The van der Waals surface area contributed by atoms with E-state index in [4.69, 9.17) is 0 Å². The highest BCUT2D eigenvalue weighted by Crippen LogP contribution is 2.24. The highest BCUT2D eigenvalue weighted by atomic mass is 32.1. The van der Waals surface area contributed by atoms with Crippen LogP contribution in [0.15, 0.2) is 29.6 Å². The zero-order chi connectivity index (χ0) is 20.2. The highest BCUT2D eigenvalue weighted by molar-refractivity contribution is 7.14. The molecule has 3 amide bonds. The van der Waals surface area contributed by atoms with Crippen LogP contribution in [0.5, 0.6) is 0 Å². The number of amides is 3. The lowest BCUT2D eigenvalue weighted by molar-refractivity contribution is -0.130. The Morgan fingerprint density at radius 2 is 2.00 bits per heavy atom. The number of thiazole rings is 1. The third-order valence-corrected chi connectivity index (χ3v) is 6.09. The van der Waals surface area contributed by atoms with E-state index in [1.165, 1.54) is 11.3 Å². The molecule has 29 heavy (non-hydrogen) atoms.